The van der Waals surface area contributed by atoms with Crippen LogP contribution in [-0.4, -0.2) is 14.1 Å². The number of benzene rings is 8. The highest BCUT2D eigenvalue weighted by Crippen LogP contribution is 2.40. The Kier molecular flexibility index (Phi) is 7.12. The van der Waals surface area contributed by atoms with Gasteiger partial charge in [0, 0.05) is 54.7 Å². The topological polar surface area (TPSA) is 25.6 Å². The fourth-order valence-corrected chi connectivity index (χ4v) is 9.14. The van der Waals surface area contributed by atoms with E-state index in [9.17, 15) is 0 Å². The molecule has 0 spiro atoms. The van der Waals surface area contributed by atoms with Crippen molar-refractivity contribution in [2.45, 2.75) is 26.7 Å². The Morgan fingerprint density at radius 2 is 0.709 bits per heavy atom. The van der Waals surface area contributed by atoms with Crippen LogP contribution in [0.15, 0.2) is 170 Å². The van der Waals surface area contributed by atoms with Crippen molar-refractivity contribution in [3.05, 3.63) is 181 Å². The molecule has 0 saturated carbocycles. The predicted octanol–water partition coefficient (Wildman–Crippen LogP) is 14.0. The monoisotopic (exact) mass is 705 g/mol. The van der Waals surface area contributed by atoms with E-state index in [0.717, 1.165) is 23.9 Å². The Labute approximate surface area is 319 Å². The zero-order chi connectivity index (χ0) is 36.6. The highest BCUT2D eigenvalue weighted by Gasteiger charge is 2.17. The number of H-pyrrole nitrogens is 1. The summed E-state index contributed by atoms with van der Waals surface area (Å²) in [5.41, 5.74) is 17.3. The summed E-state index contributed by atoms with van der Waals surface area (Å²) in [6, 6.07) is 62.9. The Balaban J connectivity index is 1.04. The minimum Gasteiger partial charge on any atom is -0.355 e. The van der Waals surface area contributed by atoms with Crippen molar-refractivity contribution in [2.75, 3.05) is 0 Å². The molecule has 0 aliphatic heterocycles. The molecule has 0 aliphatic carbocycles. The SMILES string of the molecule is CCc1ccccc1-n1c2ccccc2c2cc(-c3ccc4[nH]c5ccc(-c6ccc7c(c6)c6ccccc6n7-c6ccccc6CC)cc5c4c3)ccc21. The molecule has 0 amide bonds. The number of hydrogen-bond acceptors (Lipinski definition) is 0. The predicted molar refractivity (Wildman–Crippen MR) is 234 cm³/mol. The lowest BCUT2D eigenvalue weighted by atomic mass is 9.98. The molecular formula is C52H39N3. The molecule has 55 heavy (non-hydrogen) atoms. The Hall–Kier alpha value is -6.84. The molecule has 0 fully saturated rings. The van der Waals surface area contributed by atoms with Gasteiger partial charge in [-0.3, -0.25) is 0 Å². The number of aryl methyl sites for hydroxylation is 2. The van der Waals surface area contributed by atoms with Gasteiger partial charge in [-0.05, 0) is 119 Å². The summed E-state index contributed by atoms with van der Waals surface area (Å²) < 4.78 is 4.88. The highest BCUT2D eigenvalue weighted by molar-refractivity contribution is 6.14. The molecule has 3 heteroatoms. The van der Waals surface area contributed by atoms with E-state index in [-0.39, 0.29) is 0 Å². The molecule has 11 rings (SSSR count). The summed E-state index contributed by atoms with van der Waals surface area (Å²) in [7, 11) is 0. The average Bonchev–Trinajstić information content (AvgIpc) is 3.90. The molecule has 1 N–H and O–H groups in total. The van der Waals surface area contributed by atoms with Crippen LogP contribution in [0.5, 0.6) is 0 Å². The van der Waals surface area contributed by atoms with Crippen molar-refractivity contribution < 1.29 is 0 Å². The van der Waals surface area contributed by atoms with Gasteiger partial charge in [0.05, 0.1) is 22.1 Å². The number of fused-ring (bicyclic) bond motifs is 9. The van der Waals surface area contributed by atoms with Crippen LogP contribution in [0.25, 0.3) is 99.0 Å². The van der Waals surface area contributed by atoms with Crippen molar-refractivity contribution in [1.82, 2.24) is 14.1 Å². The zero-order valence-corrected chi connectivity index (χ0v) is 31.0. The first kappa shape index (κ1) is 31.7. The lowest BCUT2D eigenvalue weighted by Gasteiger charge is -2.12. The quantitative estimate of drug-likeness (QED) is 0.178. The van der Waals surface area contributed by atoms with Crippen molar-refractivity contribution in [2.24, 2.45) is 0 Å². The molecule has 3 nitrogen and oxygen atoms in total. The summed E-state index contributed by atoms with van der Waals surface area (Å²) >= 11 is 0. The molecule has 3 heterocycles. The van der Waals surface area contributed by atoms with Gasteiger partial charge in [-0.15, -0.1) is 0 Å². The van der Waals surface area contributed by atoms with E-state index < -0.39 is 0 Å². The Morgan fingerprint density at radius 3 is 1.16 bits per heavy atom. The molecule has 8 aromatic carbocycles. The third-order valence-corrected chi connectivity index (χ3v) is 11.8. The summed E-state index contributed by atoms with van der Waals surface area (Å²) in [6.45, 7) is 4.47. The van der Waals surface area contributed by atoms with Crippen LogP contribution in [0.1, 0.15) is 25.0 Å². The molecule has 262 valence electrons. The average molecular weight is 706 g/mol. The molecule has 0 atom stereocenters. The number of aromatic nitrogens is 3. The maximum Gasteiger partial charge on any atom is 0.0541 e. The number of nitrogens with zero attached hydrogens (tertiary/aromatic N) is 2. The molecule has 0 aliphatic rings. The van der Waals surface area contributed by atoms with Crippen LogP contribution in [-0.2, 0) is 12.8 Å². The van der Waals surface area contributed by atoms with E-state index in [1.807, 2.05) is 0 Å². The van der Waals surface area contributed by atoms with Gasteiger partial charge in [-0.2, -0.15) is 0 Å². The minimum absolute atomic E-state index is 0.988. The maximum atomic E-state index is 3.70. The number of para-hydroxylation sites is 4. The normalized spacial score (nSPS) is 12.0. The van der Waals surface area contributed by atoms with Crippen LogP contribution in [0, 0.1) is 0 Å². The van der Waals surface area contributed by atoms with Crippen LogP contribution >= 0.6 is 0 Å². The third kappa shape index (κ3) is 4.83. The molecule has 0 radical (unpaired) electrons. The van der Waals surface area contributed by atoms with Gasteiger partial charge in [-0.1, -0.05) is 111 Å². The van der Waals surface area contributed by atoms with Crippen molar-refractivity contribution in [3.63, 3.8) is 0 Å². The zero-order valence-electron chi connectivity index (χ0n) is 31.0. The minimum atomic E-state index is 0.988. The van der Waals surface area contributed by atoms with Crippen LogP contribution in [0.2, 0.25) is 0 Å². The molecule has 3 aromatic heterocycles. The van der Waals surface area contributed by atoms with Gasteiger partial charge >= 0.3 is 0 Å². The van der Waals surface area contributed by atoms with Gasteiger partial charge in [-0.25, -0.2) is 0 Å². The largest absolute Gasteiger partial charge is 0.355 e. The van der Waals surface area contributed by atoms with Gasteiger partial charge in [0.2, 0.25) is 0 Å². The van der Waals surface area contributed by atoms with E-state index in [2.05, 4.69) is 198 Å². The highest BCUT2D eigenvalue weighted by atomic mass is 15.0. The number of hydrogen-bond donors (Lipinski definition) is 1. The first-order valence-corrected chi connectivity index (χ1v) is 19.5. The molecule has 0 unspecified atom stereocenters. The molecular weight excluding hydrogens is 667 g/mol. The van der Waals surface area contributed by atoms with Gasteiger partial charge in [0.25, 0.3) is 0 Å². The first-order valence-electron chi connectivity index (χ1n) is 19.5. The Morgan fingerprint density at radius 1 is 0.345 bits per heavy atom. The third-order valence-electron chi connectivity index (χ3n) is 11.8. The fraction of sp³-hybridized carbons (Fsp3) is 0.0769. The number of rotatable bonds is 6. The van der Waals surface area contributed by atoms with E-state index in [4.69, 9.17) is 0 Å². The molecule has 11 aromatic rings. The van der Waals surface area contributed by atoms with Crippen molar-refractivity contribution >= 4 is 65.4 Å². The second-order valence-electron chi connectivity index (χ2n) is 14.8. The molecule has 0 saturated heterocycles. The smallest absolute Gasteiger partial charge is 0.0541 e. The second-order valence-corrected chi connectivity index (χ2v) is 14.8. The summed E-state index contributed by atoms with van der Waals surface area (Å²) in [6.07, 6.45) is 1.98. The van der Waals surface area contributed by atoms with E-state index in [1.54, 1.807) is 0 Å². The summed E-state index contributed by atoms with van der Waals surface area (Å²) in [5.74, 6) is 0. The summed E-state index contributed by atoms with van der Waals surface area (Å²) in [4.78, 5) is 3.70. The van der Waals surface area contributed by atoms with E-state index in [0.29, 0.717) is 0 Å². The van der Waals surface area contributed by atoms with Gasteiger partial charge in [0.15, 0.2) is 0 Å². The van der Waals surface area contributed by atoms with Crippen molar-refractivity contribution in [3.8, 4) is 33.6 Å². The van der Waals surface area contributed by atoms with Gasteiger partial charge in [0.1, 0.15) is 0 Å². The lowest BCUT2D eigenvalue weighted by Crippen LogP contribution is -1.98. The molecule has 0 bridgehead atoms. The van der Waals surface area contributed by atoms with Crippen molar-refractivity contribution in [1.29, 1.82) is 0 Å². The van der Waals surface area contributed by atoms with E-state index in [1.165, 1.54) is 99.1 Å². The number of aromatic amines is 1. The van der Waals surface area contributed by atoms with E-state index >= 15 is 0 Å². The fourth-order valence-electron chi connectivity index (χ4n) is 9.14. The van der Waals surface area contributed by atoms with Crippen LogP contribution in [0.4, 0.5) is 0 Å². The van der Waals surface area contributed by atoms with Crippen LogP contribution in [0.3, 0.4) is 0 Å². The van der Waals surface area contributed by atoms with Crippen LogP contribution < -0.4 is 0 Å². The standard InChI is InChI=1S/C52H39N3/c1-3-33-13-5-9-17-47(33)54-49-19-11-7-15-39(49)43-31-37(23-27-51(43)54)35-21-25-45-41(29-35)42-30-36(22-26-46(42)53-45)38-24-28-52-44(32-38)40-16-8-12-20-50(40)55(52)48-18-10-6-14-34(48)4-2/h5-32,53H,3-4H2,1-2H3. The number of nitrogens with one attached hydrogen (secondary N) is 1. The second kappa shape index (κ2) is 12.4. The lowest BCUT2D eigenvalue weighted by molar-refractivity contribution is 1.07. The first-order chi connectivity index (χ1) is 27.2. The van der Waals surface area contributed by atoms with Gasteiger partial charge < -0.3 is 14.1 Å². The Bertz CT molecular complexity index is 3080. The summed E-state index contributed by atoms with van der Waals surface area (Å²) in [5, 5.41) is 7.58. The maximum absolute atomic E-state index is 3.70.